The van der Waals surface area contributed by atoms with E-state index in [0.717, 1.165) is 31.0 Å². The SMILES string of the molecule is NCC1=CCN(c2ccc3c(c2)OCCO3)CC1. The summed E-state index contributed by atoms with van der Waals surface area (Å²) in [6.45, 7) is 3.89. The first-order valence-electron chi connectivity index (χ1n) is 6.39. The minimum Gasteiger partial charge on any atom is -0.486 e. The maximum Gasteiger partial charge on any atom is 0.163 e. The molecule has 2 aliphatic heterocycles. The van der Waals surface area contributed by atoms with Crippen LogP contribution in [-0.4, -0.2) is 32.8 Å². The number of anilines is 1. The lowest BCUT2D eigenvalue weighted by Gasteiger charge is -2.29. The summed E-state index contributed by atoms with van der Waals surface area (Å²) >= 11 is 0. The van der Waals surface area contributed by atoms with Crippen LogP contribution in [0.4, 0.5) is 5.69 Å². The lowest BCUT2D eigenvalue weighted by Crippen LogP contribution is -2.30. The highest BCUT2D eigenvalue weighted by molar-refractivity contribution is 5.57. The molecular formula is C14H18N2O2. The van der Waals surface area contributed by atoms with Crippen molar-refractivity contribution >= 4 is 5.69 Å². The number of nitrogens with two attached hydrogens (primary N) is 1. The van der Waals surface area contributed by atoms with Crippen molar-refractivity contribution in [3.63, 3.8) is 0 Å². The monoisotopic (exact) mass is 246 g/mol. The Morgan fingerprint density at radius 1 is 1.17 bits per heavy atom. The first kappa shape index (κ1) is 11.4. The number of ether oxygens (including phenoxy) is 2. The van der Waals surface area contributed by atoms with Gasteiger partial charge in [0.1, 0.15) is 13.2 Å². The van der Waals surface area contributed by atoms with E-state index in [1.165, 1.54) is 11.3 Å². The fourth-order valence-electron chi connectivity index (χ4n) is 2.36. The molecule has 4 heteroatoms. The standard InChI is InChI=1S/C14H18N2O2/c15-10-11-3-5-16(6-4-11)12-1-2-13-14(9-12)18-8-7-17-13/h1-3,9H,4-8,10,15H2. The number of rotatable bonds is 2. The zero-order valence-electron chi connectivity index (χ0n) is 10.4. The maximum absolute atomic E-state index is 5.66. The summed E-state index contributed by atoms with van der Waals surface area (Å²) in [5, 5.41) is 0. The molecule has 0 amide bonds. The van der Waals surface area contributed by atoms with E-state index in [4.69, 9.17) is 15.2 Å². The van der Waals surface area contributed by atoms with Gasteiger partial charge in [-0.05, 0) is 18.6 Å². The van der Waals surface area contributed by atoms with Crippen molar-refractivity contribution in [3.8, 4) is 11.5 Å². The number of benzene rings is 1. The summed E-state index contributed by atoms with van der Waals surface area (Å²) in [5.41, 5.74) is 8.19. The van der Waals surface area contributed by atoms with Crippen molar-refractivity contribution < 1.29 is 9.47 Å². The van der Waals surface area contributed by atoms with E-state index in [1.54, 1.807) is 0 Å². The second-order valence-corrected chi connectivity index (χ2v) is 4.59. The molecule has 2 aliphatic rings. The summed E-state index contributed by atoms with van der Waals surface area (Å²) in [6.07, 6.45) is 3.27. The van der Waals surface area contributed by atoms with E-state index in [-0.39, 0.29) is 0 Å². The molecule has 1 aromatic carbocycles. The number of hydrogen-bond donors (Lipinski definition) is 1. The van der Waals surface area contributed by atoms with Crippen LogP contribution in [-0.2, 0) is 0 Å². The molecule has 2 N–H and O–H groups in total. The van der Waals surface area contributed by atoms with Crippen LogP contribution in [0.2, 0.25) is 0 Å². The zero-order valence-corrected chi connectivity index (χ0v) is 10.4. The second-order valence-electron chi connectivity index (χ2n) is 4.59. The molecule has 0 saturated heterocycles. The van der Waals surface area contributed by atoms with Gasteiger partial charge in [0, 0.05) is 31.4 Å². The molecule has 4 nitrogen and oxygen atoms in total. The third kappa shape index (κ3) is 2.16. The zero-order chi connectivity index (χ0) is 12.4. The molecule has 0 aromatic heterocycles. The fourth-order valence-corrected chi connectivity index (χ4v) is 2.36. The van der Waals surface area contributed by atoms with Gasteiger partial charge in [0.2, 0.25) is 0 Å². The molecule has 0 aliphatic carbocycles. The Morgan fingerprint density at radius 2 is 2.00 bits per heavy atom. The Labute approximate surface area is 107 Å². The largest absolute Gasteiger partial charge is 0.486 e. The molecule has 0 fully saturated rings. The highest BCUT2D eigenvalue weighted by atomic mass is 16.6. The summed E-state index contributed by atoms with van der Waals surface area (Å²) < 4.78 is 11.1. The number of hydrogen-bond acceptors (Lipinski definition) is 4. The van der Waals surface area contributed by atoms with E-state index in [2.05, 4.69) is 23.1 Å². The Balaban J connectivity index is 1.79. The van der Waals surface area contributed by atoms with Crippen LogP contribution in [0.25, 0.3) is 0 Å². The van der Waals surface area contributed by atoms with Crippen molar-refractivity contribution in [1.29, 1.82) is 0 Å². The first-order valence-corrected chi connectivity index (χ1v) is 6.39. The highest BCUT2D eigenvalue weighted by Crippen LogP contribution is 2.34. The van der Waals surface area contributed by atoms with Gasteiger partial charge in [-0.25, -0.2) is 0 Å². The lowest BCUT2D eigenvalue weighted by atomic mass is 10.1. The van der Waals surface area contributed by atoms with Crippen molar-refractivity contribution in [2.24, 2.45) is 5.73 Å². The minimum absolute atomic E-state index is 0.633. The third-order valence-electron chi connectivity index (χ3n) is 3.46. The summed E-state index contributed by atoms with van der Waals surface area (Å²) in [4.78, 5) is 2.33. The smallest absolute Gasteiger partial charge is 0.163 e. The fraction of sp³-hybridized carbons (Fsp3) is 0.429. The van der Waals surface area contributed by atoms with Crippen molar-refractivity contribution in [2.45, 2.75) is 6.42 Å². The van der Waals surface area contributed by atoms with Crippen LogP contribution in [0.3, 0.4) is 0 Å². The van der Waals surface area contributed by atoms with E-state index >= 15 is 0 Å². The first-order chi connectivity index (χ1) is 8.86. The average molecular weight is 246 g/mol. The van der Waals surface area contributed by atoms with E-state index < -0.39 is 0 Å². The Bertz CT molecular complexity index is 471. The van der Waals surface area contributed by atoms with Crippen LogP contribution in [0.15, 0.2) is 29.8 Å². The topological polar surface area (TPSA) is 47.7 Å². The normalized spacial score (nSPS) is 18.5. The van der Waals surface area contributed by atoms with Gasteiger partial charge in [-0.2, -0.15) is 0 Å². The minimum atomic E-state index is 0.633. The quantitative estimate of drug-likeness (QED) is 0.804. The molecule has 18 heavy (non-hydrogen) atoms. The van der Waals surface area contributed by atoms with Gasteiger partial charge in [-0.15, -0.1) is 0 Å². The van der Waals surface area contributed by atoms with Gasteiger partial charge < -0.3 is 20.1 Å². The second kappa shape index (κ2) is 4.90. The number of nitrogens with zero attached hydrogens (tertiary/aromatic N) is 1. The van der Waals surface area contributed by atoms with Gasteiger partial charge >= 0.3 is 0 Å². The molecule has 0 spiro atoms. The van der Waals surface area contributed by atoms with Crippen LogP contribution in [0, 0.1) is 0 Å². The Morgan fingerprint density at radius 3 is 2.72 bits per heavy atom. The highest BCUT2D eigenvalue weighted by Gasteiger charge is 2.16. The lowest BCUT2D eigenvalue weighted by molar-refractivity contribution is 0.171. The van der Waals surface area contributed by atoms with E-state index in [1.807, 2.05) is 6.07 Å². The maximum atomic E-state index is 5.66. The van der Waals surface area contributed by atoms with Crippen LogP contribution >= 0.6 is 0 Å². The van der Waals surface area contributed by atoms with Crippen molar-refractivity contribution in [3.05, 3.63) is 29.8 Å². The van der Waals surface area contributed by atoms with Gasteiger partial charge in [0.25, 0.3) is 0 Å². The molecule has 2 heterocycles. The van der Waals surface area contributed by atoms with Gasteiger partial charge in [0.05, 0.1) is 0 Å². The van der Waals surface area contributed by atoms with Crippen LogP contribution in [0.5, 0.6) is 11.5 Å². The predicted molar refractivity (Wildman–Crippen MR) is 71.4 cm³/mol. The van der Waals surface area contributed by atoms with Crippen LogP contribution in [0.1, 0.15) is 6.42 Å². The van der Waals surface area contributed by atoms with Crippen LogP contribution < -0.4 is 20.1 Å². The van der Waals surface area contributed by atoms with E-state index in [9.17, 15) is 0 Å². The molecule has 0 bridgehead atoms. The van der Waals surface area contributed by atoms with Crippen molar-refractivity contribution in [2.75, 3.05) is 37.7 Å². The predicted octanol–water partition coefficient (Wildman–Crippen LogP) is 1.55. The molecule has 0 unspecified atom stereocenters. The molecule has 1 aromatic rings. The van der Waals surface area contributed by atoms with Crippen molar-refractivity contribution in [1.82, 2.24) is 0 Å². The molecule has 0 saturated carbocycles. The van der Waals surface area contributed by atoms with Gasteiger partial charge in [-0.3, -0.25) is 0 Å². The molecule has 0 atom stereocenters. The molecule has 96 valence electrons. The summed E-state index contributed by atoms with van der Waals surface area (Å²) in [7, 11) is 0. The Hall–Kier alpha value is -1.68. The molecule has 3 rings (SSSR count). The van der Waals surface area contributed by atoms with Gasteiger partial charge in [0.15, 0.2) is 11.5 Å². The van der Waals surface area contributed by atoms with Gasteiger partial charge in [-0.1, -0.05) is 11.6 Å². The summed E-state index contributed by atoms with van der Waals surface area (Å²) in [6, 6.07) is 6.15. The molecular weight excluding hydrogens is 228 g/mol. The summed E-state index contributed by atoms with van der Waals surface area (Å²) in [5.74, 6) is 1.70. The molecule has 0 radical (unpaired) electrons. The number of fused-ring (bicyclic) bond motifs is 1. The average Bonchev–Trinajstić information content (AvgIpc) is 2.47. The van der Waals surface area contributed by atoms with E-state index in [0.29, 0.717) is 19.8 Å². The third-order valence-corrected chi connectivity index (χ3v) is 3.46. The Kier molecular flexibility index (Phi) is 3.11.